The number of amides is 1. The summed E-state index contributed by atoms with van der Waals surface area (Å²) in [5, 5.41) is 10.1. The Hall–Kier alpha value is -2.32. The number of anilines is 1. The van der Waals surface area contributed by atoms with Gasteiger partial charge in [-0.3, -0.25) is 9.36 Å². The van der Waals surface area contributed by atoms with Gasteiger partial charge in [0, 0.05) is 12.4 Å². The Morgan fingerprint density at radius 1 is 1.35 bits per heavy atom. The van der Waals surface area contributed by atoms with Crippen molar-refractivity contribution >= 4 is 34.5 Å². The second-order valence-electron chi connectivity index (χ2n) is 3.69. The maximum absolute atomic E-state index is 11.8. The Kier molecular flexibility index (Phi) is 3.40. The van der Waals surface area contributed by atoms with E-state index >= 15 is 0 Å². The minimum atomic E-state index is -0.369. The fourth-order valence-electron chi connectivity index (χ4n) is 1.49. The number of imidazole rings is 1. The van der Waals surface area contributed by atoms with E-state index in [1.807, 2.05) is 0 Å². The van der Waals surface area contributed by atoms with Crippen molar-refractivity contribution in [2.24, 2.45) is 0 Å². The zero-order valence-electron chi connectivity index (χ0n) is 9.89. The van der Waals surface area contributed by atoms with Crippen LogP contribution in [0.3, 0.4) is 0 Å². The minimum Gasteiger partial charge on any atom is -0.318 e. The first-order chi connectivity index (χ1) is 9.72. The van der Waals surface area contributed by atoms with Gasteiger partial charge < -0.3 is 5.32 Å². The van der Waals surface area contributed by atoms with Crippen molar-refractivity contribution in [2.75, 3.05) is 5.32 Å². The van der Waals surface area contributed by atoms with Crippen LogP contribution in [-0.4, -0.2) is 30.6 Å². The van der Waals surface area contributed by atoms with Crippen LogP contribution in [0.15, 0.2) is 37.1 Å². The first kappa shape index (κ1) is 12.7. The highest BCUT2D eigenvalue weighted by Crippen LogP contribution is 2.16. The van der Waals surface area contributed by atoms with E-state index < -0.39 is 0 Å². The van der Waals surface area contributed by atoms with Gasteiger partial charge in [-0.25, -0.2) is 9.97 Å². The molecule has 3 aromatic heterocycles. The number of nitrogens with zero attached hydrogens (tertiary/aromatic N) is 5. The lowest BCUT2D eigenvalue weighted by molar-refractivity contribution is 0.102. The smallest absolute Gasteiger partial charge is 0.286 e. The molecule has 0 saturated carbocycles. The Bertz CT molecular complexity index is 724. The highest BCUT2D eigenvalue weighted by molar-refractivity contribution is 7.17. The van der Waals surface area contributed by atoms with Gasteiger partial charge >= 0.3 is 0 Å². The van der Waals surface area contributed by atoms with Gasteiger partial charge in [0.1, 0.15) is 12.1 Å². The van der Waals surface area contributed by atoms with Crippen molar-refractivity contribution in [1.29, 1.82) is 0 Å². The van der Waals surface area contributed by atoms with Gasteiger partial charge in [-0.05, 0) is 23.7 Å². The van der Waals surface area contributed by atoms with Gasteiger partial charge in [-0.1, -0.05) is 11.3 Å². The van der Waals surface area contributed by atoms with E-state index in [-0.39, 0.29) is 15.4 Å². The Morgan fingerprint density at radius 2 is 2.25 bits per heavy atom. The van der Waals surface area contributed by atoms with Crippen molar-refractivity contribution in [3.63, 3.8) is 0 Å². The molecule has 0 fully saturated rings. The maximum Gasteiger partial charge on any atom is 0.286 e. The monoisotopic (exact) mass is 306 g/mol. The fraction of sp³-hybridized carbons (Fsp3) is 0. The number of rotatable bonds is 3. The standard InChI is InChI=1S/C11H7ClN6OS/c12-11-17-16-10(20-11)9(19)15-7-1-2-8(14-5-7)18-4-3-13-6-18/h1-6H,(H,15,19). The third-order valence-electron chi connectivity index (χ3n) is 2.37. The normalized spacial score (nSPS) is 10.4. The molecule has 100 valence electrons. The molecule has 20 heavy (non-hydrogen) atoms. The summed E-state index contributed by atoms with van der Waals surface area (Å²) in [7, 11) is 0. The van der Waals surface area contributed by atoms with Crippen LogP contribution in [0.5, 0.6) is 0 Å². The number of carbonyl (C=O) groups excluding carboxylic acids is 1. The lowest BCUT2D eigenvalue weighted by atomic mass is 10.4. The molecule has 0 aliphatic rings. The van der Waals surface area contributed by atoms with Crippen LogP contribution >= 0.6 is 22.9 Å². The summed E-state index contributed by atoms with van der Waals surface area (Å²) in [6.07, 6.45) is 6.64. The van der Waals surface area contributed by atoms with Gasteiger partial charge in [0.05, 0.1) is 11.9 Å². The van der Waals surface area contributed by atoms with Crippen LogP contribution in [-0.2, 0) is 0 Å². The largest absolute Gasteiger partial charge is 0.318 e. The van der Waals surface area contributed by atoms with Crippen molar-refractivity contribution in [3.05, 3.63) is 46.5 Å². The molecule has 7 nitrogen and oxygen atoms in total. The number of nitrogens with one attached hydrogen (secondary N) is 1. The fourth-order valence-corrected chi connectivity index (χ4v) is 2.21. The minimum absolute atomic E-state index is 0.202. The zero-order valence-corrected chi connectivity index (χ0v) is 11.5. The van der Waals surface area contributed by atoms with Crippen molar-refractivity contribution in [2.45, 2.75) is 0 Å². The maximum atomic E-state index is 11.8. The van der Waals surface area contributed by atoms with Crippen LogP contribution < -0.4 is 5.32 Å². The van der Waals surface area contributed by atoms with Crippen molar-refractivity contribution < 1.29 is 4.79 Å². The molecule has 0 aromatic carbocycles. The summed E-state index contributed by atoms with van der Waals surface area (Å²) < 4.78 is 1.99. The van der Waals surface area contributed by atoms with Crippen molar-refractivity contribution in [1.82, 2.24) is 24.7 Å². The molecule has 0 aliphatic carbocycles. The molecule has 9 heteroatoms. The molecule has 1 N–H and O–H groups in total. The molecular weight excluding hydrogens is 300 g/mol. The predicted molar refractivity (Wildman–Crippen MR) is 74.2 cm³/mol. The third kappa shape index (κ3) is 2.65. The summed E-state index contributed by atoms with van der Waals surface area (Å²) in [6, 6.07) is 3.51. The van der Waals surface area contributed by atoms with Crippen molar-refractivity contribution in [3.8, 4) is 5.82 Å². The van der Waals surface area contributed by atoms with Gasteiger partial charge in [0.15, 0.2) is 0 Å². The van der Waals surface area contributed by atoms with Gasteiger partial charge in [-0.15, -0.1) is 10.2 Å². The molecule has 3 rings (SSSR count). The summed E-state index contributed by atoms with van der Waals surface area (Å²) >= 11 is 6.64. The molecule has 1 amide bonds. The Balaban J connectivity index is 1.74. The molecule has 0 saturated heterocycles. The second kappa shape index (κ2) is 5.35. The van der Waals surface area contributed by atoms with E-state index in [1.165, 1.54) is 0 Å². The molecular formula is C11H7ClN6OS. The van der Waals surface area contributed by atoms with E-state index in [0.29, 0.717) is 11.5 Å². The molecule has 0 atom stereocenters. The van der Waals surface area contributed by atoms with E-state index in [1.54, 1.807) is 41.6 Å². The quantitative estimate of drug-likeness (QED) is 0.800. The van der Waals surface area contributed by atoms with Gasteiger partial charge in [0.2, 0.25) is 9.47 Å². The van der Waals surface area contributed by atoms with Crippen LogP contribution in [0.2, 0.25) is 4.47 Å². The van der Waals surface area contributed by atoms with E-state index in [0.717, 1.165) is 11.3 Å². The SMILES string of the molecule is O=C(Nc1ccc(-n2ccnc2)nc1)c1nnc(Cl)s1. The first-order valence-electron chi connectivity index (χ1n) is 5.47. The van der Waals surface area contributed by atoms with Gasteiger partial charge in [-0.2, -0.15) is 0 Å². The van der Waals surface area contributed by atoms with Gasteiger partial charge in [0.25, 0.3) is 5.91 Å². The molecule has 0 bridgehead atoms. The molecule has 0 radical (unpaired) electrons. The number of hydrogen-bond acceptors (Lipinski definition) is 6. The first-order valence-corrected chi connectivity index (χ1v) is 6.66. The van der Waals surface area contributed by atoms with Crippen LogP contribution in [0.1, 0.15) is 9.80 Å². The van der Waals surface area contributed by atoms with E-state index in [4.69, 9.17) is 11.6 Å². The summed E-state index contributed by atoms with van der Waals surface area (Å²) in [4.78, 5) is 20.0. The number of hydrogen-bond donors (Lipinski definition) is 1. The lowest BCUT2D eigenvalue weighted by Gasteiger charge is -2.04. The molecule has 3 aromatic rings. The zero-order chi connectivity index (χ0) is 13.9. The number of carbonyl (C=O) groups is 1. The molecule has 3 heterocycles. The number of halogens is 1. The molecule has 0 spiro atoms. The van der Waals surface area contributed by atoms with E-state index in [2.05, 4.69) is 25.5 Å². The number of aromatic nitrogens is 5. The Labute approximate surface area is 122 Å². The molecule has 0 aliphatic heterocycles. The predicted octanol–water partition coefficient (Wildman–Crippen LogP) is 2.02. The second-order valence-corrected chi connectivity index (χ2v) is 5.25. The topological polar surface area (TPSA) is 85.6 Å². The molecule has 0 unspecified atom stereocenters. The Morgan fingerprint density at radius 3 is 2.85 bits per heavy atom. The van der Waals surface area contributed by atoms with Crippen LogP contribution in [0.4, 0.5) is 5.69 Å². The number of pyridine rings is 1. The highest BCUT2D eigenvalue weighted by atomic mass is 35.5. The van der Waals surface area contributed by atoms with Crippen LogP contribution in [0.25, 0.3) is 5.82 Å². The van der Waals surface area contributed by atoms with E-state index in [9.17, 15) is 4.79 Å². The third-order valence-corrected chi connectivity index (χ3v) is 3.39. The highest BCUT2D eigenvalue weighted by Gasteiger charge is 2.12. The van der Waals surface area contributed by atoms with Crippen LogP contribution in [0, 0.1) is 0 Å². The lowest BCUT2D eigenvalue weighted by Crippen LogP contribution is -2.12. The summed E-state index contributed by atoms with van der Waals surface area (Å²) in [6.45, 7) is 0. The average molecular weight is 307 g/mol. The summed E-state index contributed by atoms with van der Waals surface area (Å²) in [5.41, 5.74) is 0.560. The average Bonchev–Trinajstić information content (AvgIpc) is 3.10. The summed E-state index contributed by atoms with van der Waals surface area (Å²) in [5.74, 6) is 0.339.